The molecular weight excluding hydrogens is 995 g/mol. The Labute approximate surface area is 507 Å². The normalized spacial score (nSPS) is 12.6. The van der Waals surface area contributed by atoms with Crippen LogP contribution in [0.25, 0.3) is 0 Å². The molecule has 0 radical (unpaired) electrons. The van der Waals surface area contributed by atoms with E-state index in [0.717, 1.165) is 44.9 Å². The molecule has 2 atom stereocenters. The monoisotopic (exact) mass is 1140 g/mol. The number of unbranched alkanes of at least 4 members (excludes halogenated alkanes) is 57. The molecule has 0 fully saturated rings. The summed E-state index contributed by atoms with van der Waals surface area (Å²) in [4.78, 5) is 24.7. The molecule has 0 aliphatic rings. The van der Waals surface area contributed by atoms with Crippen LogP contribution in [-0.4, -0.2) is 47.4 Å². The summed E-state index contributed by atoms with van der Waals surface area (Å²) < 4.78 is 5.51. The van der Waals surface area contributed by atoms with Gasteiger partial charge in [0.25, 0.3) is 0 Å². The maximum Gasteiger partial charge on any atom is 0.305 e. The fourth-order valence-corrected chi connectivity index (χ4v) is 11.8. The highest BCUT2D eigenvalue weighted by Gasteiger charge is 2.18. The maximum absolute atomic E-state index is 12.5. The molecule has 0 bridgehead atoms. The lowest BCUT2D eigenvalue weighted by Gasteiger charge is -2.20. The molecule has 0 heterocycles. The van der Waals surface area contributed by atoms with Crippen molar-refractivity contribution in [1.29, 1.82) is 0 Å². The van der Waals surface area contributed by atoms with Gasteiger partial charge < -0.3 is 20.3 Å². The zero-order valence-corrected chi connectivity index (χ0v) is 55.0. The molecule has 0 aliphatic heterocycles. The van der Waals surface area contributed by atoms with Crippen LogP contribution in [0.1, 0.15) is 418 Å². The molecular formula is C75H145NO5. The molecule has 1 amide bonds. The lowest BCUT2D eigenvalue weighted by Crippen LogP contribution is -2.45. The van der Waals surface area contributed by atoms with Crippen molar-refractivity contribution >= 4 is 11.9 Å². The van der Waals surface area contributed by atoms with Crippen LogP contribution in [0.5, 0.6) is 0 Å². The van der Waals surface area contributed by atoms with E-state index in [2.05, 4.69) is 31.3 Å². The van der Waals surface area contributed by atoms with Crippen molar-refractivity contribution in [2.24, 2.45) is 0 Å². The summed E-state index contributed by atoms with van der Waals surface area (Å²) >= 11 is 0. The SMILES string of the molecule is CCCCCCCCCCCCCCCCCCCCCCCC/C=C/C(O)C(CO)NC(=O)CCCCCCCCC/C=C\CCCCCCCCCCCCOC(=O)CCCCCCCCCCCCCCCCCCCCC. The van der Waals surface area contributed by atoms with Gasteiger partial charge in [0, 0.05) is 12.8 Å². The molecule has 6 nitrogen and oxygen atoms in total. The van der Waals surface area contributed by atoms with Crippen molar-refractivity contribution in [2.75, 3.05) is 13.2 Å². The number of esters is 1. The van der Waals surface area contributed by atoms with Crippen LogP contribution in [0, 0.1) is 0 Å². The average molecular weight is 1140 g/mol. The predicted octanol–water partition coefficient (Wildman–Crippen LogP) is 24.1. The van der Waals surface area contributed by atoms with Gasteiger partial charge in [-0.25, -0.2) is 0 Å². The van der Waals surface area contributed by atoms with Crippen LogP contribution >= 0.6 is 0 Å². The summed E-state index contributed by atoms with van der Waals surface area (Å²) in [6.45, 7) is 4.95. The number of hydrogen-bond donors (Lipinski definition) is 3. The molecule has 0 saturated heterocycles. The van der Waals surface area contributed by atoms with E-state index in [0.29, 0.717) is 19.4 Å². The van der Waals surface area contributed by atoms with Gasteiger partial charge in [0.05, 0.1) is 25.4 Å². The molecule has 6 heteroatoms. The van der Waals surface area contributed by atoms with Gasteiger partial charge in [-0.1, -0.05) is 372 Å². The molecule has 0 saturated carbocycles. The molecule has 2 unspecified atom stereocenters. The van der Waals surface area contributed by atoms with Gasteiger partial charge in [0.2, 0.25) is 5.91 Å². The minimum atomic E-state index is -0.851. The van der Waals surface area contributed by atoms with Gasteiger partial charge >= 0.3 is 5.97 Å². The predicted molar refractivity (Wildman–Crippen MR) is 356 cm³/mol. The Kier molecular flexibility index (Phi) is 69.4. The standard InChI is InChI=1S/C75H145NO5/c1-3-5-7-9-11-13-15-17-19-21-23-24-25-26-28-32-35-39-43-47-51-55-59-63-67-73(78)72(71-77)76-74(79)68-64-60-56-52-48-44-40-36-33-29-27-30-34-38-42-46-50-54-58-62-66-70-81-75(80)69-65-61-57-53-49-45-41-37-31-22-20-18-16-14-12-10-8-6-4-2/h29,33,63,67,72-73,77-78H,3-28,30-32,34-62,64-66,68-71H2,1-2H3,(H,76,79)/b33-29-,67-63+. The number of aliphatic hydroxyl groups is 2. The molecule has 480 valence electrons. The molecule has 0 rings (SSSR count). The third kappa shape index (κ3) is 67.3. The third-order valence-electron chi connectivity index (χ3n) is 17.5. The van der Waals surface area contributed by atoms with E-state index >= 15 is 0 Å². The average Bonchev–Trinajstić information content (AvgIpc) is 3.47. The molecule has 81 heavy (non-hydrogen) atoms. The fourth-order valence-electron chi connectivity index (χ4n) is 11.8. The number of rotatable bonds is 70. The van der Waals surface area contributed by atoms with Gasteiger partial charge in [-0.2, -0.15) is 0 Å². The second-order valence-electron chi connectivity index (χ2n) is 25.6. The van der Waals surface area contributed by atoms with Crippen LogP contribution in [0.4, 0.5) is 0 Å². The Bertz CT molecular complexity index is 1270. The highest BCUT2D eigenvalue weighted by Crippen LogP contribution is 2.19. The lowest BCUT2D eigenvalue weighted by atomic mass is 10.0. The Hall–Kier alpha value is -1.66. The van der Waals surface area contributed by atoms with Crippen LogP contribution in [-0.2, 0) is 14.3 Å². The first-order valence-electron chi connectivity index (χ1n) is 37.1. The molecule has 0 aromatic rings. The third-order valence-corrected chi connectivity index (χ3v) is 17.5. The van der Waals surface area contributed by atoms with Gasteiger partial charge in [-0.15, -0.1) is 0 Å². The Morgan fingerprint density at radius 1 is 0.333 bits per heavy atom. The zero-order valence-electron chi connectivity index (χ0n) is 55.0. The molecule has 0 aromatic heterocycles. The number of allylic oxidation sites excluding steroid dienone is 3. The summed E-state index contributed by atoms with van der Waals surface area (Å²) in [5.74, 6) is -0.0575. The lowest BCUT2D eigenvalue weighted by molar-refractivity contribution is -0.143. The first-order chi connectivity index (χ1) is 40.0. The molecule has 3 N–H and O–H groups in total. The van der Waals surface area contributed by atoms with Gasteiger partial charge in [0.1, 0.15) is 0 Å². The first kappa shape index (κ1) is 79.3. The fraction of sp³-hybridized carbons (Fsp3) is 0.920. The van der Waals surface area contributed by atoms with Crippen molar-refractivity contribution in [1.82, 2.24) is 5.32 Å². The van der Waals surface area contributed by atoms with Gasteiger partial charge in [-0.3, -0.25) is 9.59 Å². The molecule has 0 spiro atoms. The topological polar surface area (TPSA) is 95.9 Å². The quantitative estimate of drug-likeness (QED) is 0.0320. The second kappa shape index (κ2) is 70.8. The van der Waals surface area contributed by atoms with Crippen molar-refractivity contribution in [2.45, 2.75) is 431 Å². The zero-order chi connectivity index (χ0) is 58.5. The number of carbonyl (C=O) groups excluding carboxylic acids is 2. The van der Waals surface area contributed by atoms with E-state index in [-0.39, 0.29) is 18.5 Å². The van der Waals surface area contributed by atoms with E-state index in [1.807, 2.05) is 6.08 Å². The Morgan fingerprint density at radius 2 is 0.580 bits per heavy atom. The van der Waals surface area contributed by atoms with E-state index in [1.54, 1.807) is 6.08 Å². The summed E-state index contributed by atoms with van der Waals surface area (Å²) in [6, 6.07) is -0.635. The van der Waals surface area contributed by atoms with Crippen molar-refractivity contribution in [3.05, 3.63) is 24.3 Å². The van der Waals surface area contributed by atoms with E-state index in [9.17, 15) is 19.8 Å². The largest absolute Gasteiger partial charge is 0.466 e. The minimum Gasteiger partial charge on any atom is -0.466 e. The van der Waals surface area contributed by atoms with Crippen LogP contribution < -0.4 is 5.32 Å². The molecule has 0 aromatic carbocycles. The summed E-state index contributed by atoms with van der Waals surface area (Å²) in [5, 5.41) is 23.3. The number of amides is 1. The Morgan fingerprint density at radius 3 is 0.877 bits per heavy atom. The molecule has 0 aliphatic carbocycles. The number of hydrogen-bond acceptors (Lipinski definition) is 5. The summed E-state index contributed by atoms with van der Waals surface area (Å²) in [5.41, 5.74) is 0. The highest BCUT2D eigenvalue weighted by molar-refractivity contribution is 5.76. The maximum atomic E-state index is 12.5. The Balaban J connectivity index is 3.42. The van der Waals surface area contributed by atoms with E-state index in [1.165, 1.54) is 347 Å². The smallest absolute Gasteiger partial charge is 0.305 e. The van der Waals surface area contributed by atoms with E-state index in [4.69, 9.17) is 4.74 Å². The van der Waals surface area contributed by atoms with Crippen molar-refractivity contribution in [3.63, 3.8) is 0 Å². The summed E-state index contributed by atoms with van der Waals surface area (Å²) in [7, 11) is 0. The number of aliphatic hydroxyl groups excluding tert-OH is 2. The van der Waals surface area contributed by atoms with Gasteiger partial charge in [0.15, 0.2) is 0 Å². The number of ether oxygens (including phenoxy) is 1. The summed E-state index contributed by atoms with van der Waals surface area (Å²) in [6.07, 6.45) is 89.8. The first-order valence-corrected chi connectivity index (χ1v) is 37.1. The van der Waals surface area contributed by atoms with Crippen molar-refractivity contribution in [3.8, 4) is 0 Å². The van der Waals surface area contributed by atoms with Crippen molar-refractivity contribution < 1.29 is 24.5 Å². The van der Waals surface area contributed by atoms with Gasteiger partial charge in [-0.05, 0) is 57.8 Å². The highest BCUT2D eigenvalue weighted by atomic mass is 16.5. The van der Waals surface area contributed by atoms with Crippen LogP contribution in [0.3, 0.4) is 0 Å². The second-order valence-corrected chi connectivity index (χ2v) is 25.6. The number of carbonyl (C=O) groups is 2. The van der Waals surface area contributed by atoms with E-state index < -0.39 is 12.1 Å². The van der Waals surface area contributed by atoms with Crippen LogP contribution in [0.15, 0.2) is 24.3 Å². The number of nitrogens with one attached hydrogen (secondary N) is 1. The van der Waals surface area contributed by atoms with Crippen LogP contribution in [0.2, 0.25) is 0 Å². The minimum absolute atomic E-state index is 0.0135.